The molecule has 8 nitrogen and oxygen atoms in total. The Morgan fingerprint density at radius 1 is 1.42 bits per heavy atom. The van der Waals surface area contributed by atoms with Crippen LogP contribution in [0.1, 0.15) is 31.5 Å². The van der Waals surface area contributed by atoms with Crippen LogP contribution in [0.5, 0.6) is 0 Å². The minimum absolute atomic E-state index is 0.146. The molecule has 26 heavy (non-hydrogen) atoms. The maximum absolute atomic E-state index is 14.2. The quantitative estimate of drug-likeness (QED) is 0.825. The number of hydrogen-bond donors (Lipinski definition) is 2. The summed E-state index contributed by atoms with van der Waals surface area (Å²) in [5, 5.41) is 17.8. The van der Waals surface area contributed by atoms with E-state index < -0.39 is 5.82 Å². The highest BCUT2D eigenvalue weighted by Crippen LogP contribution is 2.39. The number of hydrogen-bond acceptors (Lipinski definition) is 6. The highest BCUT2D eigenvalue weighted by atomic mass is 19.1. The van der Waals surface area contributed by atoms with Crippen molar-refractivity contribution in [1.29, 1.82) is 0 Å². The SMILES string of the molecule is C[C@H]1CNCCN1CC(=O)Nc1cc(-n2nnnc2C2CC2)ccc1F. The molecule has 138 valence electrons. The first-order valence-electron chi connectivity index (χ1n) is 8.94. The molecule has 1 aliphatic heterocycles. The molecule has 0 spiro atoms. The lowest BCUT2D eigenvalue weighted by atomic mass is 10.2. The molecule has 1 aromatic heterocycles. The highest BCUT2D eigenvalue weighted by Gasteiger charge is 2.30. The summed E-state index contributed by atoms with van der Waals surface area (Å²) >= 11 is 0. The van der Waals surface area contributed by atoms with Gasteiger partial charge in [-0.25, -0.2) is 4.39 Å². The van der Waals surface area contributed by atoms with Crippen LogP contribution in [0.2, 0.25) is 0 Å². The molecule has 2 N–H and O–H groups in total. The Morgan fingerprint density at radius 3 is 3.04 bits per heavy atom. The van der Waals surface area contributed by atoms with Crippen LogP contribution >= 0.6 is 0 Å². The van der Waals surface area contributed by atoms with E-state index in [1.165, 1.54) is 6.07 Å². The molecule has 2 heterocycles. The number of aromatic nitrogens is 4. The number of carbonyl (C=O) groups is 1. The molecule has 1 amide bonds. The molecule has 2 aromatic rings. The molecule has 0 radical (unpaired) electrons. The van der Waals surface area contributed by atoms with Gasteiger partial charge in [-0.05, 0) is 48.4 Å². The normalized spacial score (nSPS) is 20.9. The zero-order valence-corrected chi connectivity index (χ0v) is 14.7. The largest absolute Gasteiger partial charge is 0.322 e. The average Bonchev–Trinajstić information content (AvgIpc) is 3.36. The molecule has 1 aliphatic carbocycles. The second-order valence-corrected chi connectivity index (χ2v) is 6.96. The first-order valence-corrected chi connectivity index (χ1v) is 8.94. The number of carbonyl (C=O) groups excluding carboxylic acids is 1. The molecule has 0 bridgehead atoms. The second kappa shape index (κ2) is 7.08. The van der Waals surface area contributed by atoms with Crippen molar-refractivity contribution in [2.75, 3.05) is 31.5 Å². The van der Waals surface area contributed by atoms with Crippen LogP contribution in [-0.4, -0.2) is 63.2 Å². The van der Waals surface area contributed by atoms with Crippen molar-refractivity contribution in [2.24, 2.45) is 0 Å². The van der Waals surface area contributed by atoms with E-state index in [9.17, 15) is 9.18 Å². The van der Waals surface area contributed by atoms with Gasteiger partial charge in [0.2, 0.25) is 5.91 Å². The Morgan fingerprint density at radius 2 is 2.27 bits per heavy atom. The van der Waals surface area contributed by atoms with E-state index in [1.54, 1.807) is 16.8 Å². The number of nitrogens with one attached hydrogen (secondary N) is 2. The maximum Gasteiger partial charge on any atom is 0.238 e. The molecule has 2 aliphatic rings. The second-order valence-electron chi connectivity index (χ2n) is 6.96. The fourth-order valence-electron chi connectivity index (χ4n) is 3.21. The lowest BCUT2D eigenvalue weighted by molar-refractivity contribution is -0.118. The predicted octanol–water partition coefficient (Wildman–Crippen LogP) is 0.911. The van der Waals surface area contributed by atoms with Gasteiger partial charge in [0.25, 0.3) is 0 Å². The van der Waals surface area contributed by atoms with E-state index in [1.807, 2.05) is 0 Å². The van der Waals surface area contributed by atoms with E-state index in [0.29, 0.717) is 11.6 Å². The number of amides is 1. The molecule has 9 heteroatoms. The van der Waals surface area contributed by atoms with Crippen LogP contribution in [0.25, 0.3) is 5.69 Å². The minimum Gasteiger partial charge on any atom is -0.322 e. The molecule has 0 unspecified atom stereocenters. The number of halogens is 1. The first kappa shape index (κ1) is 17.0. The maximum atomic E-state index is 14.2. The summed E-state index contributed by atoms with van der Waals surface area (Å²) in [5.74, 6) is 0.441. The van der Waals surface area contributed by atoms with Crippen molar-refractivity contribution in [3.05, 3.63) is 29.8 Å². The van der Waals surface area contributed by atoms with Gasteiger partial charge in [0, 0.05) is 31.6 Å². The molecule has 1 aromatic carbocycles. The van der Waals surface area contributed by atoms with Crippen LogP contribution in [-0.2, 0) is 4.79 Å². The lowest BCUT2D eigenvalue weighted by Crippen LogP contribution is -2.52. The molecule has 1 saturated carbocycles. The summed E-state index contributed by atoms with van der Waals surface area (Å²) in [6.45, 7) is 4.81. The van der Waals surface area contributed by atoms with Crippen molar-refractivity contribution in [1.82, 2.24) is 30.4 Å². The first-order chi connectivity index (χ1) is 12.6. The van der Waals surface area contributed by atoms with Gasteiger partial charge in [0.05, 0.1) is 17.9 Å². The van der Waals surface area contributed by atoms with Gasteiger partial charge in [-0.2, -0.15) is 4.68 Å². The molecular weight excluding hydrogens is 337 g/mol. The Hall–Kier alpha value is -2.39. The Labute approximate surface area is 150 Å². The van der Waals surface area contributed by atoms with Gasteiger partial charge < -0.3 is 10.6 Å². The zero-order chi connectivity index (χ0) is 18.1. The van der Waals surface area contributed by atoms with E-state index in [0.717, 1.165) is 38.3 Å². The van der Waals surface area contributed by atoms with Crippen LogP contribution < -0.4 is 10.6 Å². The Kier molecular flexibility index (Phi) is 4.64. The lowest BCUT2D eigenvalue weighted by Gasteiger charge is -2.33. The molecular formula is C17H22FN7O. The number of tetrazole rings is 1. The summed E-state index contributed by atoms with van der Waals surface area (Å²) in [6, 6.07) is 4.80. The van der Waals surface area contributed by atoms with Crippen LogP contribution in [0, 0.1) is 5.82 Å². The third-order valence-electron chi connectivity index (χ3n) is 4.89. The van der Waals surface area contributed by atoms with Gasteiger partial charge in [0.1, 0.15) is 5.82 Å². The van der Waals surface area contributed by atoms with Gasteiger partial charge in [-0.3, -0.25) is 9.69 Å². The van der Waals surface area contributed by atoms with Gasteiger partial charge in [-0.15, -0.1) is 5.10 Å². The van der Waals surface area contributed by atoms with Crippen molar-refractivity contribution < 1.29 is 9.18 Å². The van der Waals surface area contributed by atoms with Gasteiger partial charge >= 0.3 is 0 Å². The number of nitrogens with zero attached hydrogens (tertiary/aromatic N) is 5. The summed E-state index contributed by atoms with van der Waals surface area (Å²) in [5.41, 5.74) is 0.789. The Bertz CT molecular complexity index is 804. The Balaban J connectivity index is 1.49. The zero-order valence-electron chi connectivity index (χ0n) is 14.7. The van der Waals surface area contributed by atoms with Crippen molar-refractivity contribution in [2.45, 2.75) is 31.7 Å². The highest BCUT2D eigenvalue weighted by molar-refractivity contribution is 5.92. The van der Waals surface area contributed by atoms with Crippen LogP contribution in [0.15, 0.2) is 18.2 Å². The third kappa shape index (κ3) is 3.58. The summed E-state index contributed by atoms with van der Waals surface area (Å²) in [7, 11) is 0. The standard InChI is InChI=1S/C17H22FN7O/c1-11-9-19-6-7-24(11)10-16(26)20-15-8-13(4-5-14(15)18)25-17(12-2-3-12)21-22-23-25/h4-5,8,11-12,19H,2-3,6-7,9-10H2,1H3,(H,20,26)/t11-/m0/s1. The van der Waals surface area contributed by atoms with E-state index >= 15 is 0 Å². The van der Waals surface area contributed by atoms with Gasteiger partial charge in [0.15, 0.2) is 5.82 Å². The fourth-order valence-corrected chi connectivity index (χ4v) is 3.21. The topological polar surface area (TPSA) is 88.0 Å². The predicted molar refractivity (Wildman–Crippen MR) is 93.6 cm³/mol. The van der Waals surface area contributed by atoms with Crippen LogP contribution in [0.3, 0.4) is 0 Å². The average molecular weight is 359 g/mol. The summed E-state index contributed by atoms with van der Waals surface area (Å²) in [6.07, 6.45) is 2.13. The number of rotatable bonds is 5. The van der Waals surface area contributed by atoms with E-state index in [4.69, 9.17) is 0 Å². The van der Waals surface area contributed by atoms with Crippen LogP contribution in [0.4, 0.5) is 10.1 Å². The number of benzene rings is 1. The monoisotopic (exact) mass is 359 g/mol. The summed E-state index contributed by atoms with van der Waals surface area (Å²) in [4.78, 5) is 14.5. The van der Waals surface area contributed by atoms with E-state index in [2.05, 4.69) is 38.0 Å². The number of anilines is 1. The van der Waals surface area contributed by atoms with Crippen molar-refractivity contribution >= 4 is 11.6 Å². The number of piperazine rings is 1. The van der Waals surface area contributed by atoms with Crippen molar-refractivity contribution in [3.8, 4) is 5.69 Å². The molecule has 2 fully saturated rings. The molecule has 1 atom stereocenters. The fraction of sp³-hybridized carbons (Fsp3) is 0.529. The van der Waals surface area contributed by atoms with E-state index in [-0.39, 0.29) is 24.2 Å². The molecule has 1 saturated heterocycles. The summed E-state index contributed by atoms with van der Waals surface area (Å²) < 4.78 is 15.8. The smallest absolute Gasteiger partial charge is 0.238 e. The van der Waals surface area contributed by atoms with Gasteiger partial charge in [-0.1, -0.05) is 0 Å². The minimum atomic E-state index is -0.475. The third-order valence-corrected chi connectivity index (χ3v) is 4.89. The van der Waals surface area contributed by atoms with Crippen molar-refractivity contribution in [3.63, 3.8) is 0 Å². The molecule has 4 rings (SSSR count).